The van der Waals surface area contributed by atoms with Gasteiger partial charge in [-0.05, 0) is 31.6 Å². The molecule has 1 aromatic carbocycles. The van der Waals surface area contributed by atoms with E-state index in [1.165, 1.54) is 6.92 Å². The van der Waals surface area contributed by atoms with E-state index in [1.54, 1.807) is 18.5 Å². The maximum Gasteiger partial charge on any atom is 0.156 e. The molecule has 3 aromatic heterocycles. The number of aromatic nitrogens is 5. The third-order valence-corrected chi connectivity index (χ3v) is 4.05. The smallest absolute Gasteiger partial charge is 0.156 e. The second-order valence-electron chi connectivity index (χ2n) is 5.99. The summed E-state index contributed by atoms with van der Waals surface area (Å²) in [5.74, 6) is 0.0324. The summed E-state index contributed by atoms with van der Waals surface area (Å²) in [6, 6.07) is 9.92. The quantitative estimate of drug-likeness (QED) is 0.563. The molecule has 0 amide bonds. The molecule has 4 rings (SSSR count). The van der Waals surface area contributed by atoms with E-state index in [4.69, 9.17) is 4.98 Å². The highest BCUT2D eigenvalue weighted by Crippen LogP contribution is 2.22. The Balaban J connectivity index is 1.67. The standard InChI is InChI=1S/C20H17N5O/c1-14(26)6-5-7-15-10-21-20-19(15)24-18(12-22-20)16-11-23-25(13-16)17-8-3-2-4-9-17/h2-6,8-13H,7H2,1H3,(H,21,22)/b6-5+. The summed E-state index contributed by atoms with van der Waals surface area (Å²) >= 11 is 0. The molecule has 0 aliphatic rings. The van der Waals surface area contributed by atoms with Gasteiger partial charge in [0.15, 0.2) is 11.4 Å². The van der Waals surface area contributed by atoms with Gasteiger partial charge in [0.2, 0.25) is 0 Å². The Kier molecular flexibility index (Phi) is 4.15. The molecule has 0 aliphatic heterocycles. The van der Waals surface area contributed by atoms with Crippen molar-refractivity contribution >= 4 is 16.9 Å². The lowest BCUT2D eigenvalue weighted by molar-refractivity contribution is -0.112. The van der Waals surface area contributed by atoms with Crippen LogP contribution in [0.15, 0.2) is 67.3 Å². The van der Waals surface area contributed by atoms with E-state index in [9.17, 15) is 4.79 Å². The first-order valence-corrected chi connectivity index (χ1v) is 8.31. The Morgan fingerprint density at radius 3 is 2.88 bits per heavy atom. The highest BCUT2D eigenvalue weighted by atomic mass is 16.1. The summed E-state index contributed by atoms with van der Waals surface area (Å²) in [5.41, 5.74) is 5.19. The maximum atomic E-state index is 11.1. The number of nitrogens with zero attached hydrogens (tertiary/aromatic N) is 4. The molecule has 26 heavy (non-hydrogen) atoms. The van der Waals surface area contributed by atoms with E-state index >= 15 is 0 Å². The van der Waals surface area contributed by atoms with Crippen molar-refractivity contribution in [2.45, 2.75) is 13.3 Å². The fourth-order valence-corrected chi connectivity index (χ4v) is 2.77. The van der Waals surface area contributed by atoms with Crippen LogP contribution in [0.2, 0.25) is 0 Å². The molecule has 0 fully saturated rings. The van der Waals surface area contributed by atoms with E-state index in [2.05, 4.69) is 15.1 Å². The molecule has 1 N–H and O–H groups in total. The van der Waals surface area contributed by atoms with Crippen LogP contribution in [0.1, 0.15) is 12.5 Å². The topological polar surface area (TPSA) is 76.5 Å². The molecule has 0 saturated heterocycles. The molecule has 0 unspecified atom stereocenters. The Hall–Kier alpha value is -3.54. The van der Waals surface area contributed by atoms with E-state index in [1.807, 2.05) is 53.5 Å². The van der Waals surface area contributed by atoms with Crippen LogP contribution >= 0.6 is 0 Å². The van der Waals surface area contributed by atoms with Gasteiger partial charge >= 0.3 is 0 Å². The van der Waals surface area contributed by atoms with E-state index < -0.39 is 0 Å². The first kappa shape index (κ1) is 16.0. The molecule has 4 aromatic rings. The molecule has 0 spiro atoms. The summed E-state index contributed by atoms with van der Waals surface area (Å²) in [5, 5.41) is 4.41. The van der Waals surface area contributed by atoms with Crippen LogP contribution in [-0.4, -0.2) is 30.5 Å². The van der Waals surface area contributed by atoms with Crippen molar-refractivity contribution < 1.29 is 4.79 Å². The number of rotatable bonds is 5. The van der Waals surface area contributed by atoms with Gasteiger partial charge in [0, 0.05) is 23.5 Å². The monoisotopic (exact) mass is 343 g/mol. The lowest BCUT2D eigenvalue weighted by Gasteiger charge is -2.00. The molecule has 0 atom stereocenters. The molecule has 128 valence electrons. The van der Waals surface area contributed by atoms with E-state index in [0.717, 1.165) is 33.7 Å². The Labute approximate surface area is 150 Å². The molecule has 0 saturated carbocycles. The number of fused-ring (bicyclic) bond motifs is 1. The summed E-state index contributed by atoms with van der Waals surface area (Å²) in [7, 11) is 0. The second-order valence-corrected chi connectivity index (χ2v) is 5.99. The third-order valence-electron chi connectivity index (χ3n) is 4.05. The number of H-pyrrole nitrogens is 1. The first-order chi connectivity index (χ1) is 12.7. The predicted octanol–water partition coefficient (Wildman–Crippen LogP) is 3.50. The van der Waals surface area contributed by atoms with Crippen LogP contribution in [-0.2, 0) is 11.2 Å². The van der Waals surface area contributed by atoms with Crippen molar-refractivity contribution in [2.24, 2.45) is 0 Å². The van der Waals surface area contributed by atoms with Crippen LogP contribution in [0.4, 0.5) is 0 Å². The van der Waals surface area contributed by atoms with Crippen molar-refractivity contribution in [3.63, 3.8) is 0 Å². The molecule has 3 heterocycles. The number of hydrogen-bond acceptors (Lipinski definition) is 4. The highest BCUT2D eigenvalue weighted by Gasteiger charge is 2.10. The number of para-hydroxylation sites is 1. The zero-order chi connectivity index (χ0) is 17.9. The minimum Gasteiger partial charge on any atom is -0.345 e. The molecular formula is C20H17N5O. The summed E-state index contributed by atoms with van der Waals surface area (Å²) < 4.78 is 1.81. The van der Waals surface area contributed by atoms with Gasteiger partial charge in [-0.1, -0.05) is 24.3 Å². The van der Waals surface area contributed by atoms with Gasteiger partial charge in [0.25, 0.3) is 0 Å². The summed E-state index contributed by atoms with van der Waals surface area (Å²) in [6.07, 6.45) is 11.4. The fourth-order valence-electron chi connectivity index (χ4n) is 2.77. The lowest BCUT2D eigenvalue weighted by atomic mass is 10.2. The van der Waals surface area contributed by atoms with Crippen LogP contribution < -0.4 is 0 Å². The Morgan fingerprint density at radius 2 is 2.08 bits per heavy atom. The van der Waals surface area contributed by atoms with Gasteiger partial charge in [-0.3, -0.25) is 4.79 Å². The van der Waals surface area contributed by atoms with Crippen molar-refractivity contribution in [2.75, 3.05) is 0 Å². The van der Waals surface area contributed by atoms with Crippen molar-refractivity contribution in [3.05, 3.63) is 72.8 Å². The second kappa shape index (κ2) is 6.76. The van der Waals surface area contributed by atoms with Gasteiger partial charge < -0.3 is 4.98 Å². The molecule has 0 bridgehead atoms. The molecule has 0 aliphatic carbocycles. The minimum absolute atomic E-state index is 0.0324. The number of aromatic amines is 1. The van der Waals surface area contributed by atoms with Crippen LogP contribution in [0, 0.1) is 0 Å². The lowest BCUT2D eigenvalue weighted by Crippen LogP contribution is -1.92. The largest absolute Gasteiger partial charge is 0.345 e. The SMILES string of the molecule is CC(=O)/C=C/Cc1c[nH]c2ncc(-c3cnn(-c4ccccc4)c3)nc12. The van der Waals surface area contributed by atoms with E-state index in [0.29, 0.717) is 6.42 Å². The average Bonchev–Trinajstić information content (AvgIpc) is 3.29. The molecular weight excluding hydrogens is 326 g/mol. The molecule has 6 heteroatoms. The number of allylic oxidation sites excluding steroid dienone is 2. The summed E-state index contributed by atoms with van der Waals surface area (Å²) in [6.45, 7) is 1.54. The normalized spacial score (nSPS) is 11.4. The minimum atomic E-state index is 0.0324. The average molecular weight is 343 g/mol. The zero-order valence-electron chi connectivity index (χ0n) is 14.3. The van der Waals surface area contributed by atoms with Gasteiger partial charge in [-0.15, -0.1) is 0 Å². The highest BCUT2D eigenvalue weighted by molar-refractivity contribution is 5.87. The van der Waals surface area contributed by atoms with Crippen molar-refractivity contribution in [1.82, 2.24) is 24.7 Å². The number of benzene rings is 1. The number of carbonyl (C=O) groups excluding carboxylic acids is 1. The maximum absolute atomic E-state index is 11.1. The predicted molar refractivity (Wildman–Crippen MR) is 100.0 cm³/mol. The van der Waals surface area contributed by atoms with E-state index in [-0.39, 0.29) is 5.78 Å². The Morgan fingerprint density at radius 1 is 1.23 bits per heavy atom. The summed E-state index contributed by atoms with van der Waals surface area (Å²) in [4.78, 5) is 23.4. The zero-order valence-corrected chi connectivity index (χ0v) is 14.3. The van der Waals surface area contributed by atoms with Crippen LogP contribution in [0.25, 0.3) is 28.1 Å². The Bertz CT molecular complexity index is 1090. The van der Waals surface area contributed by atoms with Crippen LogP contribution in [0.5, 0.6) is 0 Å². The van der Waals surface area contributed by atoms with Crippen LogP contribution in [0.3, 0.4) is 0 Å². The number of carbonyl (C=O) groups is 1. The molecule has 0 radical (unpaired) electrons. The molecule has 6 nitrogen and oxygen atoms in total. The number of ketones is 1. The van der Waals surface area contributed by atoms with Gasteiger partial charge in [0.05, 0.1) is 23.8 Å². The van der Waals surface area contributed by atoms with Crippen molar-refractivity contribution in [1.29, 1.82) is 0 Å². The van der Waals surface area contributed by atoms with Gasteiger partial charge in [0.1, 0.15) is 5.52 Å². The van der Waals surface area contributed by atoms with Crippen molar-refractivity contribution in [3.8, 4) is 16.9 Å². The number of nitrogens with one attached hydrogen (secondary N) is 1. The van der Waals surface area contributed by atoms with Gasteiger partial charge in [-0.2, -0.15) is 5.10 Å². The van der Waals surface area contributed by atoms with Gasteiger partial charge in [-0.25, -0.2) is 14.6 Å². The number of hydrogen-bond donors (Lipinski definition) is 1. The first-order valence-electron chi connectivity index (χ1n) is 8.31. The third kappa shape index (κ3) is 3.17. The fraction of sp³-hybridized carbons (Fsp3) is 0.100.